The van der Waals surface area contributed by atoms with Crippen molar-refractivity contribution in [3.8, 4) is 0 Å². The topological polar surface area (TPSA) is 46.2 Å². The van der Waals surface area contributed by atoms with Crippen LogP contribution >= 0.6 is 23.4 Å². The van der Waals surface area contributed by atoms with Crippen LogP contribution in [0.4, 0.5) is 5.69 Å². The first kappa shape index (κ1) is 18.6. The molecule has 0 aliphatic carbocycles. The first-order chi connectivity index (χ1) is 11.4. The molecule has 24 heavy (non-hydrogen) atoms. The maximum atomic E-state index is 12.2. The Morgan fingerprint density at radius 3 is 2.25 bits per heavy atom. The number of nitrogens with one attached hydrogen (secondary N) is 1. The molecule has 0 heterocycles. The summed E-state index contributed by atoms with van der Waals surface area (Å²) in [4.78, 5) is 25.0. The van der Waals surface area contributed by atoms with Crippen molar-refractivity contribution < 1.29 is 9.59 Å². The summed E-state index contributed by atoms with van der Waals surface area (Å²) in [5.41, 5.74) is 1.35. The molecule has 2 aromatic carbocycles. The summed E-state index contributed by atoms with van der Waals surface area (Å²) in [7, 11) is 0. The molecule has 5 heteroatoms. The molecule has 1 N–H and O–H groups in total. The third-order valence-corrected chi connectivity index (χ3v) is 4.53. The van der Waals surface area contributed by atoms with Gasteiger partial charge >= 0.3 is 0 Å². The number of hydrogen-bond donors (Lipinski definition) is 1. The minimum atomic E-state index is -0.0117. The summed E-state index contributed by atoms with van der Waals surface area (Å²) in [5.74, 6) is 0.717. The fourth-order valence-electron chi connectivity index (χ4n) is 2.09. The van der Waals surface area contributed by atoms with Crippen LogP contribution in [0.25, 0.3) is 0 Å². The van der Waals surface area contributed by atoms with Crippen LogP contribution in [0.1, 0.15) is 30.6 Å². The van der Waals surface area contributed by atoms with Crippen molar-refractivity contribution in [2.45, 2.75) is 25.2 Å². The van der Waals surface area contributed by atoms with Gasteiger partial charge in [-0.2, -0.15) is 0 Å². The number of rotatable bonds is 7. The first-order valence-corrected chi connectivity index (χ1v) is 9.12. The molecule has 126 valence electrons. The number of carbonyl (C=O) groups excluding carboxylic acids is 2. The van der Waals surface area contributed by atoms with E-state index < -0.39 is 0 Å². The number of Topliss-reactive ketones (excluding diaryl/α,β-unsaturated/α-hetero) is 1. The molecule has 0 atom stereocenters. The number of hydrogen-bond acceptors (Lipinski definition) is 3. The van der Waals surface area contributed by atoms with Gasteiger partial charge in [0.05, 0.1) is 5.75 Å². The minimum absolute atomic E-state index is 0.0117. The number of ketones is 1. The van der Waals surface area contributed by atoms with Crippen LogP contribution in [0.5, 0.6) is 0 Å². The van der Waals surface area contributed by atoms with Crippen LogP contribution < -0.4 is 5.32 Å². The Balaban J connectivity index is 1.88. The Morgan fingerprint density at radius 1 is 1.04 bits per heavy atom. The molecule has 2 rings (SSSR count). The Kier molecular flexibility index (Phi) is 6.88. The Morgan fingerprint density at radius 2 is 1.67 bits per heavy atom. The normalized spacial score (nSPS) is 10.7. The predicted octanol–water partition coefficient (Wildman–Crippen LogP) is 5.30. The molecule has 3 nitrogen and oxygen atoms in total. The van der Waals surface area contributed by atoms with Crippen LogP contribution in [0, 0.1) is 5.92 Å². The van der Waals surface area contributed by atoms with Crippen LogP contribution in [-0.2, 0) is 4.79 Å². The van der Waals surface area contributed by atoms with Gasteiger partial charge in [0, 0.05) is 27.6 Å². The van der Waals surface area contributed by atoms with Gasteiger partial charge < -0.3 is 5.32 Å². The highest BCUT2D eigenvalue weighted by Gasteiger charge is 2.09. The lowest BCUT2D eigenvalue weighted by Gasteiger charge is -2.08. The second-order valence-corrected chi connectivity index (χ2v) is 7.37. The van der Waals surface area contributed by atoms with Gasteiger partial charge in [-0.05, 0) is 54.4 Å². The Labute approximate surface area is 151 Å². The summed E-state index contributed by atoms with van der Waals surface area (Å²) in [6.07, 6.45) is 0.485. The van der Waals surface area contributed by atoms with Crippen molar-refractivity contribution in [3.05, 3.63) is 59.1 Å². The molecule has 2 aromatic rings. The zero-order chi connectivity index (χ0) is 17.5. The molecule has 0 saturated heterocycles. The van der Waals surface area contributed by atoms with Crippen molar-refractivity contribution in [2.24, 2.45) is 5.92 Å². The van der Waals surface area contributed by atoms with Crippen molar-refractivity contribution in [3.63, 3.8) is 0 Å². The number of amides is 1. The molecule has 0 aromatic heterocycles. The van der Waals surface area contributed by atoms with Gasteiger partial charge in [0.15, 0.2) is 5.78 Å². The molecular formula is C19H20ClNO2S. The van der Waals surface area contributed by atoms with Gasteiger partial charge in [-0.3, -0.25) is 9.59 Å². The summed E-state index contributed by atoms with van der Waals surface area (Å²) in [5, 5.41) is 3.52. The zero-order valence-corrected chi connectivity index (χ0v) is 15.3. The number of halogens is 1. The zero-order valence-electron chi connectivity index (χ0n) is 13.7. The SMILES string of the molecule is CC(C)CC(=O)Nc1ccc(C(=O)CSc2ccc(Cl)cc2)cc1. The molecule has 0 fully saturated rings. The molecule has 0 aliphatic heterocycles. The first-order valence-electron chi connectivity index (χ1n) is 7.75. The Hall–Kier alpha value is -1.78. The van der Waals surface area contributed by atoms with E-state index in [4.69, 9.17) is 11.6 Å². The van der Waals surface area contributed by atoms with E-state index in [0.29, 0.717) is 34.4 Å². The summed E-state index contributed by atoms with van der Waals surface area (Å²) < 4.78 is 0. The average molecular weight is 362 g/mol. The lowest BCUT2D eigenvalue weighted by atomic mass is 10.1. The van der Waals surface area contributed by atoms with Gasteiger partial charge in [-0.15, -0.1) is 11.8 Å². The van der Waals surface area contributed by atoms with Crippen molar-refractivity contribution >= 4 is 40.7 Å². The largest absolute Gasteiger partial charge is 0.326 e. The maximum absolute atomic E-state index is 12.2. The molecule has 0 bridgehead atoms. The fraction of sp³-hybridized carbons (Fsp3) is 0.263. The second kappa shape index (κ2) is 8.90. The highest BCUT2D eigenvalue weighted by molar-refractivity contribution is 8.00. The van der Waals surface area contributed by atoms with Gasteiger partial charge in [-0.1, -0.05) is 25.4 Å². The van der Waals surface area contributed by atoms with Gasteiger partial charge in [0.1, 0.15) is 0 Å². The summed E-state index contributed by atoms with van der Waals surface area (Å²) in [6, 6.07) is 14.4. The smallest absolute Gasteiger partial charge is 0.224 e. The van der Waals surface area contributed by atoms with E-state index in [0.717, 1.165) is 4.90 Å². The van der Waals surface area contributed by atoms with E-state index in [1.54, 1.807) is 24.3 Å². The fourth-order valence-corrected chi connectivity index (χ4v) is 3.00. The van der Waals surface area contributed by atoms with E-state index in [1.807, 2.05) is 38.1 Å². The van der Waals surface area contributed by atoms with Crippen LogP contribution in [0.15, 0.2) is 53.4 Å². The van der Waals surface area contributed by atoms with Crippen molar-refractivity contribution in [1.82, 2.24) is 0 Å². The average Bonchev–Trinajstić information content (AvgIpc) is 2.54. The lowest BCUT2D eigenvalue weighted by Crippen LogP contribution is -2.14. The number of anilines is 1. The third-order valence-electron chi connectivity index (χ3n) is 3.27. The van der Waals surface area contributed by atoms with Crippen LogP contribution in [0.3, 0.4) is 0 Å². The number of thioether (sulfide) groups is 1. The van der Waals surface area contributed by atoms with Crippen molar-refractivity contribution in [2.75, 3.05) is 11.1 Å². The van der Waals surface area contributed by atoms with E-state index >= 15 is 0 Å². The number of carbonyl (C=O) groups is 2. The van der Waals surface area contributed by atoms with Crippen LogP contribution in [-0.4, -0.2) is 17.4 Å². The molecule has 1 amide bonds. The van der Waals surface area contributed by atoms with E-state index in [9.17, 15) is 9.59 Å². The predicted molar refractivity (Wildman–Crippen MR) is 101 cm³/mol. The lowest BCUT2D eigenvalue weighted by molar-refractivity contribution is -0.116. The second-order valence-electron chi connectivity index (χ2n) is 5.89. The highest BCUT2D eigenvalue weighted by Crippen LogP contribution is 2.22. The molecule has 0 aliphatic rings. The van der Waals surface area contributed by atoms with E-state index in [2.05, 4.69) is 5.32 Å². The summed E-state index contributed by atoms with van der Waals surface area (Å²) in [6.45, 7) is 4.00. The van der Waals surface area contributed by atoms with Crippen LogP contribution in [0.2, 0.25) is 5.02 Å². The van der Waals surface area contributed by atoms with Crippen molar-refractivity contribution in [1.29, 1.82) is 0 Å². The Bertz CT molecular complexity index is 696. The molecular weight excluding hydrogens is 342 g/mol. The molecule has 0 spiro atoms. The van der Waals surface area contributed by atoms with E-state index in [-0.39, 0.29) is 11.7 Å². The van der Waals surface area contributed by atoms with Gasteiger partial charge in [0.2, 0.25) is 5.91 Å². The number of benzene rings is 2. The summed E-state index contributed by atoms with van der Waals surface area (Å²) >= 11 is 7.32. The van der Waals surface area contributed by atoms with Gasteiger partial charge in [-0.25, -0.2) is 0 Å². The standard InChI is InChI=1S/C19H20ClNO2S/c1-13(2)11-19(23)21-16-7-3-14(4-8-16)18(22)12-24-17-9-5-15(20)6-10-17/h3-10,13H,11-12H2,1-2H3,(H,21,23). The highest BCUT2D eigenvalue weighted by atomic mass is 35.5. The van der Waals surface area contributed by atoms with E-state index in [1.165, 1.54) is 11.8 Å². The van der Waals surface area contributed by atoms with Gasteiger partial charge in [0.25, 0.3) is 0 Å². The molecule has 0 radical (unpaired) electrons. The minimum Gasteiger partial charge on any atom is -0.326 e. The third kappa shape index (κ3) is 6.02. The monoisotopic (exact) mass is 361 g/mol. The molecule has 0 unspecified atom stereocenters. The quantitative estimate of drug-likeness (QED) is 0.537. The molecule has 0 saturated carbocycles. The maximum Gasteiger partial charge on any atom is 0.224 e.